The topological polar surface area (TPSA) is 38.3 Å². The first-order chi connectivity index (χ1) is 5.43. The van der Waals surface area contributed by atoms with Crippen molar-refractivity contribution >= 4 is 6.41 Å². The second-order valence-electron chi connectivity index (χ2n) is 1.88. The van der Waals surface area contributed by atoms with Crippen LogP contribution in [0.15, 0.2) is 30.3 Å². The lowest BCUT2D eigenvalue weighted by molar-refractivity contribution is 0.305. The molecule has 1 radical (unpaired) electrons. The Morgan fingerprint density at radius 3 is 2.73 bits per heavy atom. The predicted molar refractivity (Wildman–Crippen MR) is 40.8 cm³/mol. The Morgan fingerprint density at radius 1 is 1.36 bits per heavy atom. The molecule has 0 aliphatic rings. The van der Waals surface area contributed by atoms with Crippen molar-refractivity contribution in [3.63, 3.8) is 0 Å². The maximum Gasteiger partial charge on any atom is 0.311 e. The van der Waals surface area contributed by atoms with Gasteiger partial charge >= 0.3 is 6.41 Å². The van der Waals surface area contributed by atoms with Crippen molar-refractivity contribution < 1.29 is 9.53 Å². The van der Waals surface area contributed by atoms with E-state index in [1.165, 1.54) is 6.41 Å². The molecule has 0 atom stereocenters. The molecule has 1 N–H and O–H groups in total. The molecule has 3 heteroatoms. The van der Waals surface area contributed by atoms with E-state index in [9.17, 15) is 4.79 Å². The highest BCUT2D eigenvalue weighted by molar-refractivity contribution is 5.46. The Kier molecular flexibility index (Phi) is 2.99. The van der Waals surface area contributed by atoms with Gasteiger partial charge in [-0.3, -0.25) is 4.79 Å². The largest absolute Gasteiger partial charge is 0.473 e. The van der Waals surface area contributed by atoms with E-state index in [4.69, 9.17) is 4.74 Å². The van der Waals surface area contributed by atoms with Crippen molar-refractivity contribution in [2.75, 3.05) is 6.73 Å². The average molecular weight is 150 g/mol. The average Bonchev–Trinajstić information content (AvgIpc) is 2.07. The first-order valence-electron chi connectivity index (χ1n) is 3.21. The molecule has 0 aromatic heterocycles. The summed E-state index contributed by atoms with van der Waals surface area (Å²) in [5, 5.41) is 2.27. The van der Waals surface area contributed by atoms with Crippen molar-refractivity contribution in [2.45, 2.75) is 0 Å². The Hall–Kier alpha value is -1.51. The number of hydrogen-bond donors (Lipinski definition) is 1. The molecule has 0 bridgehead atoms. The maximum atomic E-state index is 9.68. The summed E-state index contributed by atoms with van der Waals surface area (Å²) in [6, 6.07) is 9.24. The van der Waals surface area contributed by atoms with Crippen molar-refractivity contribution in [1.29, 1.82) is 0 Å². The molecule has 1 amide bonds. The van der Waals surface area contributed by atoms with Crippen LogP contribution in [-0.2, 0) is 4.79 Å². The number of amides is 1. The van der Waals surface area contributed by atoms with Crippen LogP contribution < -0.4 is 10.1 Å². The van der Waals surface area contributed by atoms with Gasteiger partial charge in [0.2, 0.25) is 0 Å². The van der Waals surface area contributed by atoms with Gasteiger partial charge in [-0.15, -0.1) is 0 Å². The minimum Gasteiger partial charge on any atom is -0.473 e. The molecular weight excluding hydrogens is 142 g/mol. The predicted octanol–water partition coefficient (Wildman–Crippen LogP) is 0.680. The SMILES string of the molecule is O=[C]NCOc1ccccc1. The number of carbonyl (C=O) groups excluding carboxylic acids is 1. The Balaban J connectivity index is 2.33. The minimum absolute atomic E-state index is 0.160. The summed E-state index contributed by atoms with van der Waals surface area (Å²) >= 11 is 0. The van der Waals surface area contributed by atoms with E-state index in [1.807, 2.05) is 30.3 Å². The highest BCUT2D eigenvalue weighted by Crippen LogP contribution is 2.06. The van der Waals surface area contributed by atoms with Gasteiger partial charge in [0.25, 0.3) is 0 Å². The third kappa shape index (κ3) is 2.71. The highest BCUT2D eigenvalue weighted by Gasteiger charge is 1.87. The standard InChI is InChI=1S/C8H8NO2/c10-6-9-7-11-8-4-2-1-3-5-8/h1-5H,7H2,(H,9,10). The molecule has 57 valence electrons. The summed E-state index contributed by atoms with van der Waals surface area (Å²) in [5.41, 5.74) is 0. The minimum atomic E-state index is 0.160. The summed E-state index contributed by atoms with van der Waals surface area (Å²) in [4.78, 5) is 9.68. The smallest absolute Gasteiger partial charge is 0.311 e. The lowest BCUT2D eigenvalue weighted by Crippen LogP contribution is -2.17. The van der Waals surface area contributed by atoms with Crippen molar-refractivity contribution in [3.8, 4) is 5.75 Å². The van der Waals surface area contributed by atoms with Gasteiger partial charge in [0.15, 0.2) is 6.73 Å². The summed E-state index contributed by atoms with van der Waals surface area (Å²) in [6.07, 6.45) is 1.51. The van der Waals surface area contributed by atoms with E-state index in [1.54, 1.807) is 0 Å². The van der Waals surface area contributed by atoms with E-state index in [0.717, 1.165) is 5.75 Å². The molecule has 3 nitrogen and oxygen atoms in total. The summed E-state index contributed by atoms with van der Waals surface area (Å²) in [5.74, 6) is 0.732. The van der Waals surface area contributed by atoms with Gasteiger partial charge in [-0.05, 0) is 12.1 Å². The van der Waals surface area contributed by atoms with Crippen LogP contribution in [-0.4, -0.2) is 13.1 Å². The van der Waals surface area contributed by atoms with Crippen LogP contribution in [0.4, 0.5) is 0 Å². The lowest BCUT2D eigenvalue weighted by atomic mass is 10.3. The van der Waals surface area contributed by atoms with Gasteiger partial charge < -0.3 is 10.1 Å². The summed E-state index contributed by atoms with van der Waals surface area (Å²) in [7, 11) is 0. The van der Waals surface area contributed by atoms with Crippen LogP contribution in [0.3, 0.4) is 0 Å². The van der Waals surface area contributed by atoms with Gasteiger partial charge in [-0.25, -0.2) is 0 Å². The second-order valence-corrected chi connectivity index (χ2v) is 1.88. The van der Waals surface area contributed by atoms with Gasteiger partial charge in [0.1, 0.15) is 5.75 Å². The van der Waals surface area contributed by atoms with Gasteiger partial charge in [0, 0.05) is 0 Å². The first kappa shape index (κ1) is 7.60. The van der Waals surface area contributed by atoms with Crippen LogP contribution in [0.5, 0.6) is 5.75 Å². The van der Waals surface area contributed by atoms with Crippen LogP contribution in [0.25, 0.3) is 0 Å². The molecule has 1 rings (SSSR count). The molecular formula is C8H8NO2. The van der Waals surface area contributed by atoms with E-state index in [-0.39, 0.29) is 6.73 Å². The molecule has 0 saturated carbocycles. The fourth-order valence-electron chi connectivity index (χ4n) is 0.666. The van der Waals surface area contributed by atoms with Gasteiger partial charge in [-0.2, -0.15) is 0 Å². The Labute approximate surface area is 65.0 Å². The summed E-state index contributed by atoms with van der Waals surface area (Å²) < 4.78 is 5.07. The molecule has 0 spiro atoms. The van der Waals surface area contributed by atoms with Gasteiger partial charge in [-0.1, -0.05) is 18.2 Å². The van der Waals surface area contributed by atoms with Crippen LogP contribution in [0.2, 0.25) is 0 Å². The second kappa shape index (κ2) is 4.33. The maximum absolute atomic E-state index is 9.68. The lowest BCUT2D eigenvalue weighted by Gasteiger charge is -2.02. The molecule has 0 unspecified atom stereocenters. The third-order valence-corrected chi connectivity index (χ3v) is 1.13. The molecule has 0 heterocycles. The Morgan fingerprint density at radius 2 is 2.09 bits per heavy atom. The molecule has 0 saturated heterocycles. The van der Waals surface area contributed by atoms with Crippen LogP contribution in [0.1, 0.15) is 0 Å². The molecule has 1 aromatic carbocycles. The monoisotopic (exact) mass is 150 g/mol. The number of para-hydroxylation sites is 1. The number of hydrogen-bond acceptors (Lipinski definition) is 2. The van der Waals surface area contributed by atoms with Crippen LogP contribution >= 0.6 is 0 Å². The van der Waals surface area contributed by atoms with E-state index >= 15 is 0 Å². The van der Waals surface area contributed by atoms with Crippen molar-refractivity contribution in [2.24, 2.45) is 0 Å². The quantitative estimate of drug-likeness (QED) is 0.389. The molecule has 11 heavy (non-hydrogen) atoms. The third-order valence-electron chi connectivity index (χ3n) is 1.13. The molecule has 1 aromatic rings. The van der Waals surface area contributed by atoms with Crippen molar-refractivity contribution in [3.05, 3.63) is 30.3 Å². The fourth-order valence-corrected chi connectivity index (χ4v) is 0.666. The molecule has 0 aliphatic carbocycles. The normalized spacial score (nSPS) is 8.73. The fraction of sp³-hybridized carbons (Fsp3) is 0.125. The zero-order valence-electron chi connectivity index (χ0n) is 5.91. The van der Waals surface area contributed by atoms with E-state index in [2.05, 4.69) is 5.32 Å². The van der Waals surface area contributed by atoms with Gasteiger partial charge in [0.05, 0.1) is 0 Å². The zero-order valence-corrected chi connectivity index (χ0v) is 5.91. The Bertz CT molecular complexity index is 211. The summed E-state index contributed by atoms with van der Waals surface area (Å²) in [6.45, 7) is 0.160. The van der Waals surface area contributed by atoms with Crippen molar-refractivity contribution in [1.82, 2.24) is 5.32 Å². The highest BCUT2D eigenvalue weighted by atomic mass is 16.5. The number of benzene rings is 1. The zero-order chi connectivity index (χ0) is 7.94. The molecule has 0 aliphatic heterocycles. The number of nitrogens with one attached hydrogen (secondary N) is 1. The first-order valence-corrected chi connectivity index (χ1v) is 3.21. The van der Waals surface area contributed by atoms with E-state index in [0.29, 0.717) is 0 Å². The number of ether oxygens (including phenoxy) is 1. The molecule has 0 fully saturated rings. The number of rotatable bonds is 4. The van der Waals surface area contributed by atoms with E-state index < -0.39 is 0 Å². The van der Waals surface area contributed by atoms with Crippen LogP contribution in [0, 0.1) is 0 Å².